The molecule has 1 aliphatic carbocycles. The second kappa shape index (κ2) is 5.40. The Hall–Kier alpha value is -0.340. The van der Waals surface area contributed by atoms with Crippen molar-refractivity contribution in [3.05, 3.63) is 34.4 Å². The first kappa shape index (κ1) is 10.7. The van der Waals surface area contributed by atoms with Crippen LogP contribution in [0.1, 0.15) is 26.2 Å². The first-order chi connectivity index (χ1) is 6.18. The highest BCUT2D eigenvalue weighted by Crippen LogP contribution is 2.18. The van der Waals surface area contributed by atoms with Crippen molar-refractivity contribution in [2.75, 3.05) is 0 Å². The Balaban J connectivity index is 2.44. The first-order valence-corrected chi connectivity index (χ1v) is 5.46. The molecule has 0 spiro atoms. The van der Waals surface area contributed by atoms with E-state index in [0.29, 0.717) is 6.04 Å². The molecule has 0 aromatic carbocycles. The lowest BCUT2D eigenvalue weighted by Crippen LogP contribution is -2.14. The number of nitrogens with two attached hydrogens (primary N) is 1. The van der Waals surface area contributed by atoms with E-state index in [1.165, 1.54) is 10.1 Å². The third-order valence-electron chi connectivity index (χ3n) is 2.04. The molecule has 1 rings (SSSR count). The maximum atomic E-state index is 5.70. The van der Waals surface area contributed by atoms with E-state index in [1.54, 1.807) is 0 Å². The van der Waals surface area contributed by atoms with Crippen LogP contribution in [0.5, 0.6) is 0 Å². The minimum absolute atomic E-state index is 0.300. The number of hydrogen-bond acceptors (Lipinski definition) is 1. The van der Waals surface area contributed by atoms with Crippen LogP contribution in [0.3, 0.4) is 0 Å². The number of allylic oxidation sites excluding steroid dienone is 6. The fraction of sp³-hybridized carbons (Fsp3) is 0.455. The fourth-order valence-corrected chi connectivity index (χ4v) is 1.54. The minimum atomic E-state index is 0.300. The number of halogens is 1. The lowest BCUT2D eigenvalue weighted by Gasteiger charge is -2.04. The summed E-state index contributed by atoms with van der Waals surface area (Å²) >= 11 is 3.46. The molecule has 0 heterocycles. The summed E-state index contributed by atoms with van der Waals surface area (Å²) in [5.74, 6) is 0. The summed E-state index contributed by atoms with van der Waals surface area (Å²) in [4.78, 5) is 0. The molecule has 0 bridgehead atoms. The summed E-state index contributed by atoms with van der Waals surface area (Å²) in [6.45, 7) is 2.05. The summed E-state index contributed by atoms with van der Waals surface area (Å²) in [6.07, 6.45) is 11.8. The SMILES string of the molecule is CC(N)CCC1=CCC=C(Br)C=C1. The maximum Gasteiger partial charge on any atom is 0.0138 e. The van der Waals surface area contributed by atoms with Gasteiger partial charge in [-0.05, 0) is 32.3 Å². The molecular weight excluding hydrogens is 226 g/mol. The molecule has 1 nitrogen and oxygen atoms in total. The highest BCUT2D eigenvalue weighted by Gasteiger charge is 1.99. The topological polar surface area (TPSA) is 26.0 Å². The van der Waals surface area contributed by atoms with Crippen LogP contribution in [-0.4, -0.2) is 6.04 Å². The first-order valence-electron chi connectivity index (χ1n) is 4.67. The molecule has 0 saturated heterocycles. The Morgan fingerprint density at radius 3 is 2.92 bits per heavy atom. The molecule has 0 aromatic rings. The van der Waals surface area contributed by atoms with Crippen LogP contribution in [0.25, 0.3) is 0 Å². The van der Waals surface area contributed by atoms with Gasteiger partial charge in [0.1, 0.15) is 0 Å². The molecule has 0 aliphatic heterocycles. The van der Waals surface area contributed by atoms with Crippen molar-refractivity contribution in [2.45, 2.75) is 32.2 Å². The van der Waals surface area contributed by atoms with E-state index in [-0.39, 0.29) is 0 Å². The lowest BCUT2D eigenvalue weighted by atomic mass is 10.1. The molecule has 1 unspecified atom stereocenters. The van der Waals surface area contributed by atoms with Crippen LogP contribution < -0.4 is 5.73 Å². The second-order valence-corrected chi connectivity index (χ2v) is 4.37. The van der Waals surface area contributed by atoms with Crippen LogP contribution in [0.4, 0.5) is 0 Å². The number of rotatable bonds is 3. The third kappa shape index (κ3) is 4.44. The molecule has 0 fully saturated rings. The molecular formula is C11H16BrN. The summed E-state index contributed by atoms with van der Waals surface area (Å²) < 4.78 is 1.17. The summed E-state index contributed by atoms with van der Waals surface area (Å²) in [7, 11) is 0. The van der Waals surface area contributed by atoms with Gasteiger partial charge in [-0.15, -0.1) is 0 Å². The minimum Gasteiger partial charge on any atom is -0.328 e. The van der Waals surface area contributed by atoms with Crippen LogP contribution >= 0.6 is 15.9 Å². The van der Waals surface area contributed by atoms with E-state index in [1.807, 2.05) is 0 Å². The third-order valence-corrected chi connectivity index (χ3v) is 2.63. The molecule has 0 radical (unpaired) electrons. The van der Waals surface area contributed by atoms with Gasteiger partial charge in [-0.1, -0.05) is 39.7 Å². The van der Waals surface area contributed by atoms with Gasteiger partial charge >= 0.3 is 0 Å². The highest BCUT2D eigenvalue weighted by atomic mass is 79.9. The molecule has 72 valence electrons. The Labute approximate surface area is 88.5 Å². The second-order valence-electron chi connectivity index (χ2n) is 3.45. The highest BCUT2D eigenvalue weighted by molar-refractivity contribution is 9.11. The van der Waals surface area contributed by atoms with Crippen molar-refractivity contribution < 1.29 is 0 Å². The van der Waals surface area contributed by atoms with E-state index in [4.69, 9.17) is 5.73 Å². The summed E-state index contributed by atoms with van der Waals surface area (Å²) in [5.41, 5.74) is 7.09. The van der Waals surface area contributed by atoms with Crippen molar-refractivity contribution in [3.8, 4) is 0 Å². The predicted octanol–water partition coefficient (Wildman–Crippen LogP) is 3.28. The lowest BCUT2D eigenvalue weighted by molar-refractivity contribution is 0.667. The Bertz CT molecular complexity index is 249. The fourth-order valence-electron chi connectivity index (χ4n) is 1.23. The van der Waals surface area contributed by atoms with Gasteiger partial charge in [0, 0.05) is 10.5 Å². The zero-order valence-corrected chi connectivity index (χ0v) is 9.55. The van der Waals surface area contributed by atoms with Gasteiger partial charge < -0.3 is 5.73 Å². The summed E-state index contributed by atoms with van der Waals surface area (Å²) in [5, 5.41) is 0. The average molecular weight is 242 g/mol. The number of hydrogen-bond donors (Lipinski definition) is 1. The van der Waals surface area contributed by atoms with E-state index in [2.05, 4.69) is 47.2 Å². The molecule has 0 aromatic heterocycles. The van der Waals surface area contributed by atoms with Gasteiger partial charge in [-0.25, -0.2) is 0 Å². The Morgan fingerprint density at radius 1 is 1.46 bits per heavy atom. The van der Waals surface area contributed by atoms with Crippen molar-refractivity contribution in [1.29, 1.82) is 0 Å². The molecule has 1 atom stereocenters. The molecule has 2 N–H and O–H groups in total. The zero-order chi connectivity index (χ0) is 9.68. The van der Waals surface area contributed by atoms with E-state index in [9.17, 15) is 0 Å². The van der Waals surface area contributed by atoms with Gasteiger partial charge in [-0.3, -0.25) is 0 Å². The smallest absolute Gasteiger partial charge is 0.0138 e. The van der Waals surface area contributed by atoms with Crippen molar-refractivity contribution >= 4 is 15.9 Å². The van der Waals surface area contributed by atoms with Gasteiger partial charge in [-0.2, -0.15) is 0 Å². The van der Waals surface area contributed by atoms with Crippen molar-refractivity contribution in [1.82, 2.24) is 0 Å². The average Bonchev–Trinajstić information content (AvgIpc) is 2.27. The standard InChI is InChI=1S/C11H16BrN/c1-9(13)5-6-10-3-2-4-11(12)8-7-10/h3-4,7-9H,2,5-6,13H2,1H3. The molecule has 13 heavy (non-hydrogen) atoms. The maximum absolute atomic E-state index is 5.70. The molecule has 1 aliphatic rings. The van der Waals surface area contributed by atoms with Crippen molar-refractivity contribution in [3.63, 3.8) is 0 Å². The predicted molar refractivity (Wildman–Crippen MR) is 61.7 cm³/mol. The summed E-state index contributed by atoms with van der Waals surface area (Å²) in [6, 6.07) is 0.300. The molecule has 2 heteroatoms. The Morgan fingerprint density at radius 2 is 2.23 bits per heavy atom. The van der Waals surface area contributed by atoms with Crippen LogP contribution in [-0.2, 0) is 0 Å². The quantitative estimate of drug-likeness (QED) is 0.807. The largest absolute Gasteiger partial charge is 0.328 e. The van der Waals surface area contributed by atoms with E-state index < -0.39 is 0 Å². The van der Waals surface area contributed by atoms with Gasteiger partial charge in [0.15, 0.2) is 0 Å². The van der Waals surface area contributed by atoms with Gasteiger partial charge in [0.2, 0.25) is 0 Å². The molecule has 0 saturated carbocycles. The van der Waals surface area contributed by atoms with Crippen LogP contribution in [0, 0.1) is 0 Å². The molecule has 0 amide bonds. The zero-order valence-electron chi connectivity index (χ0n) is 7.96. The van der Waals surface area contributed by atoms with Crippen LogP contribution in [0.15, 0.2) is 34.4 Å². The van der Waals surface area contributed by atoms with E-state index >= 15 is 0 Å². The normalized spacial score (nSPS) is 19.0. The van der Waals surface area contributed by atoms with Crippen LogP contribution in [0.2, 0.25) is 0 Å². The Kier molecular flexibility index (Phi) is 4.46. The monoisotopic (exact) mass is 241 g/mol. The van der Waals surface area contributed by atoms with E-state index in [0.717, 1.165) is 19.3 Å². The van der Waals surface area contributed by atoms with Gasteiger partial charge in [0.05, 0.1) is 0 Å². The van der Waals surface area contributed by atoms with Crippen molar-refractivity contribution in [2.24, 2.45) is 5.73 Å². The van der Waals surface area contributed by atoms with Gasteiger partial charge in [0.25, 0.3) is 0 Å².